The predicted molar refractivity (Wildman–Crippen MR) is 105 cm³/mol. The number of carbonyl (C=O) groups excluding carboxylic acids is 1. The van der Waals surface area contributed by atoms with Gasteiger partial charge in [-0.25, -0.2) is 8.42 Å². The van der Waals surface area contributed by atoms with Crippen molar-refractivity contribution in [2.75, 3.05) is 13.2 Å². The Labute approximate surface area is 160 Å². The first kappa shape index (κ1) is 19.8. The Morgan fingerprint density at radius 1 is 1.19 bits per heavy atom. The van der Waals surface area contributed by atoms with Gasteiger partial charge in [0, 0.05) is 13.2 Å². The summed E-state index contributed by atoms with van der Waals surface area (Å²) >= 11 is 0. The molecule has 2 aromatic carbocycles. The number of rotatable bonds is 7. The fourth-order valence-electron chi connectivity index (χ4n) is 3.19. The minimum atomic E-state index is -3.82. The van der Waals surface area contributed by atoms with Crippen LogP contribution in [0.5, 0.6) is 0 Å². The molecule has 1 amide bonds. The molecule has 0 spiro atoms. The van der Waals surface area contributed by atoms with Crippen molar-refractivity contribution in [3.8, 4) is 0 Å². The molecule has 2 N–H and O–H groups in total. The van der Waals surface area contributed by atoms with Gasteiger partial charge in [0.25, 0.3) is 0 Å². The molecule has 0 saturated carbocycles. The summed E-state index contributed by atoms with van der Waals surface area (Å²) in [5, 5.41) is 4.62. The van der Waals surface area contributed by atoms with Crippen LogP contribution in [0.4, 0.5) is 0 Å². The summed E-state index contributed by atoms with van der Waals surface area (Å²) in [7, 11) is -3.82. The molecule has 7 heteroatoms. The highest BCUT2D eigenvalue weighted by molar-refractivity contribution is 7.89. The lowest BCUT2D eigenvalue weighted by Gasteiger charge is -2.22. The molecule has 6 nitrogen and oxygen atoms in total. The standard InChI is InChI=1S/C20H26N2O4S/c1-14(2)19(20(23)21-13-17-8-5-11-26-17)22-27(24,25)18-10-9-15-6-3-4-7-16(15)12-18/h3-4,6-7,9-10,12,14,17,19,22H,5,8,11,13H2,1-2H3,(H,21,23)/t17-,19+/m0/s1. The second-order valence-electron chi connectivity index (χ2n) is 7.23. The second kappa shape index (κ2) is 8.37. The Balaban J connectivity index is 1.74. The smallest absolute Gasteiger partial charge is 0.241 e. The second-order valence-corrected chi connectivity index (χ2v) is 8.95. The summed E-state index contributed by atoms with van der Waals surface area (Å²) in [5.74, 6) is -0.519. The lowest BCUT2D eigenvalue weighted by atomic mass is 10.0. The molecule has 2 atom stereocenters. The Morgan fingerprint density at radius 3 is 2.59 bits per heavy atom. The molecule has 0 radical (unpaired) electrons. The van der Waals surface area contributed by atoms with Gasteiger partial charge in [-0.3, -0.25) is 4.79 Å². The van der Waals surface area contributed by atoms with Crippen LogP contribution in [-0.2, 0) is 19.6 Å². The zero-order valence-electron chi connectivity index (χ0n) is 15.6. The number of sulfonamides is 1. The van der Waals surface area contributed by atoms with Gasteiger partial charge in [0.15, 0.2) is 0 Å². The van der Waals surface area contributed by atoms with E-state index in [-0.39, 0.29) is 22.8 Å². The van der Waals surface area contributed by atoms with Crippen molar-refractivity contribution < 1.29 is 17.9 Å². The summed E-state index contributed by atoms with van der Waals surface area (Å²) in [6, 6.07) is 11.7. The summed E-state index contributed by atoms with van der Waals surface area (Å²) in [6.07, 6.45) is 1.91. The molecule has 0 bridgehead atoms. The van der Waals surface area contributed by atoms with Crippen LogP contribution in [0, 0.1) is 5.92 Å². The van der Waals surface area contributed by atoms with Crippen LogP contribution < -0.4 is 10.0 Å². The molecular formula is C20H26N2O4S. The van der Waals surface area contributed by atoms with Crippen LogP contribution in [0.3, 0.4) is 0 Å². The number of ether oxygens (including phenoxy) is 1. The van der Waals surface area contributed by atoms with Gasteiger partial charge >= 0.3 is 0 Å². The average Bonchev–Trinajstić information content (AvgIpc) is 3.17. The van der Waals surface area contributed by atoms with E-state index in [1.54, 1.807) is 18.2 Å². The fraction of sp³-hybridized carbons (Fsp3) is 0.450. The highest BCUT2D eigenvalue weighted by Gasteiger charge is 2.29. The number of hydrogen-bond acceptors (Lipinski definition) is 4. The maximum atomic E-state index is 12.8. The first-order chi connectivity index (χ1) is 12.9. The van der Waals surface area contributed by atoms with Crippen molar-refractivity contribution >= 4 is 26.7 Å². The quantitative estimate of drug-likeness (QED) is 0.760. The number of hydrogen-bond donors (Lipinski definition) is 2. The topological polar surface area (TPSA) is 84.5 Å². The van der Waals surface area contributed by atoms with Gasteiger partial charge in [0.05, 0.1) is 11.0 Å². The van der Waals surface area contributed by atoms with E-state index in [0.717, 1.165) is 23.6 Å². The molecule has 27 heavy (non-hydrogen) atoms. The van der Waals surface area contributed by atoms with Gasteiger partial charge in [0.1, 0.15) is 6.04 Å². The Hall–Kier alpha value is -1.96. The van der Waals surface area contributed by atoms with Crippen LogP contribution >= 0.6 is 0 Å². The Kier molecular flexibility index (Phi) is 6.14. The van der Waals surface area contributed by atoms with Crippen LogP contribution in [0.15, 0.2) is 47.4 Å². The van der Waals surface area contributed by atoms with Crippen LogP contribution in [0.2, 0.25) is 0 Å². The highest BCUT2D eigenvalue weighted by Crippen LogP contribution is 2.20. The van der Waals surface area contributed by atoms with E-state index in [1.165, 1.54) is 0 Å². The maximum absolute atomic E-state index is 12.8. The lowest BCUT2D eigenvalue weighted by Crippen LogP contribution is -2.50. The molecular weight excluding hydrogens is 364 g/mol. The molecule has 1 fully saturated rings. The fourth-order valence-corrected chi connectivity index (χ4v) is 4.57. The van der Waals surface area contributed by atoms with E-state index in [1.807, 2.05) is 38.1 Å². The minimum absolute atomic E-state index is 0.0128. The summed E-state index contributed by atoms with van der Waals surface area (Å²) in [5.41, 5.74) is 0. The van der Waals surface area contributed by atoms with Crippen molar-refractivity contribution in [2.24, 2.45) is 5.92 Å². The molecule has 1 heterocycles. The van der Waals surface area contributed by atoms with Crippen LogP contribution in [-0.4, -0.2) is 39.6 Å². The molecule has 3 rings (SSSR count). The van der Waals surface area contributed by atoms with Crippen molar-refractivity contribution in [2.45, 2.75) is 43.7 Å². The van der Waals surface area contributed by atoms with E-state index >= 15 is 0 Å². The molecule has 0 aliphatic carbocycles. The Morgan fingerprint density at radius 2 is 1.93 bits per heavy atom. The number of nitrogens with one attached hydrogen (secondary N) is 2. The maximum Gasteiger partial charge on any atom is 0.241 e. The number of carbonyl (C=O) groups is 1. The number of benzene rings is 2. The van der Waals surface area contributed by atoms with E-state index in [9.17, 15) is 13.2 Å². The van der Waals surface area contributed by atoms with Gasteiger partial charge in [-0.05, 0) is 41.7 Å². The summed E-state index contributed by atoms with van der Waals surface area (Å²) in [4.78, 5) is 12.7. The van der Waals surface area contributed by atoms with Crippen LogP contribution in [0.1, 0.15) is 26.7 Å². The van der Waals surface area contributed by atoms with Gasteiger partial charge in [-0.15, -0.1) is 0 Å². The molecule has 1 aliphatic heterocycles. The normalized spacial score (nSPS) is 18.7. The molecule has 2 aromatic rings. The van der Waals surface area contributed by atoms with Gasteiger partial charge in [-0.2, -0.15) is 4.72 Å². The minimum Gasteiger partial charge on any atom is -0.376 e. The third kappa shape index (κ3) is 4.86. The first-order valence-corrected chi connectivity index (χ1v) is 10.8. The third-order valence-electron chi connectivity index (χ3n) is 4.79. The SMILES string of the molecule is CC(C)[C@@H](NS(=O)(=O)c1ccc2ccccc2c1)C(=O)NC[C@@H]1CCCO1. The molecule has 0 unspecified atom stereocenters. The highest BCUT2D eigenvalue weighted by atomic mass is 32.2. The van der Waals surface area contributed by atoms with Crippen molar-refractivity contribution in [1.29, 1.82) is 0 Å². The average molecular weight is 391 g/mol. The molecule has 0 aromatic heterocycles. The van der Waals surface area contributed by atoms with E-state index in [2.05, 4.69) is 10.0 Å². The zero-order valence-corrected chi connectivity index (χ0v) is 16.5. The monoisotopic (exact) mass is 390 g/mol. The summed E-state index contributed by atoms with van der Waals surface area (Å²) in [6.45, 7) is 4.75. The van der Waals surface area contributed by atoms with E-state index < -0.39 is 16.1 Å². The first-order valence-electron chi connectivity index (χ1n) is 9.27. The number of fused-ring (bicyclic) bond motifs is 1. The molecule has 1 saturated heterocycles. The van der Waals surface area contributed by atoms with Gasteiger partial charge < -0.3 is 10.1 Å². The van der Waals surface area contributed by atoms with Gasteiger partial charge in [-0.1, -0.05) is 44.2 Å². The lowest BCUT2D eigenvalue weighted by molar-refractivity contribution is -0.124. The molecule has 146 valence electrons. The van der Waals surface area contributed by atoms with Crippen molar-refractivity contribution in [3.63, 3.8) is 0 Å². The van der Waals surface area contributed by atoms with Crippen molar-refractivity contribution in [3.05, 3.63) is 42.5 Å². The molecule has 1 aliphatic rings. The van der Waals surface area contributed by atoms with Crippen LogP contribution in [0.25, 0.3) is 10.8 Å². The Bertz CT molecular complexity index is 905. The third-order valence-corrected chi connectivity index (χ3v) is 6.23. The van der Waals surface area contributed by atoms with Crippen molar-refractivity contribution in [1.82, 2.24) is 10.0 Å². The van der Waals surface area contributed by atoms with Gasteiger partial charge in [0.2, 0.25) is 15.9 Å². The van der Waals surface area contributed by atoms with E-state index in [0.29, 0.717) is 13.2 Å². The number of amides is 1. The predicted octanol–water partition coefficient (Wildman–Crippen LogP) is 2.44. The van der Waals surface area contributed by atoms with E-state index in [4.69, 9.17) is 4.74 Å². The largest absolute Gasteiger partial charge is 0.376 e. The summed E-state index contributed by atoms with van der Waals surface area (Å²) < 4.78 is 33.7. The zero-order chi connectivity index (χ0) is 19.4.